The molecular formula is C18H12ClN3O4. The fourth-order valence-corrected chi connectivity index (χ4v) is 2.40. The Morgan fingerprint density at radius 2 is 1.92 bits per heavy atom. The average Bonchev–Trinajstić information content (AvgIpc) is 3.11. The highest BCUT2D eigenvalue weighted by Crippen LogP contribution is 2.27. The molecule has 26 heavy (non-hydrogen) atoms. The van der Waals surface area contributed by atoms with Crippen LogP contribution in [0.5, 0.6) is 0 Å². The van der Waals surface area contributed by atoms with Gasteiger partial charge in [0.15, 0.2) is 0 Å². The molecule has 0 atom stereocenters. The summed E-state index contributed by atoms with van der Waals surface area (Å²) in [5, 5.41) is 12.9. The molecular weight excluding hydrogens is 358 g/mol. The van der Waals surface area contributed by atoms with Crippen LogP contribution in [-0.4, -0.2) is 28.2 Å². The minimum Gasteiger partial charge on any atom is -0.478 e. The van der Waals surface area contributed by atoms with Crippen molar-refractivity contribution in [3.8, 4) is 11.3 Å². The molecule has 0 spiro atoms. The molecule has 1 amide bonds. The summed E-state index contributed by atoms with van der Waals surface area (Å²) in [6.07, 6.45) is 4.38. The van der Waals surface area contributed by atoms with Gasteiger partial charge in [0.25, 0.3) is 5.91 Å². The monoisotopic (exact) mass is 369 g/mol. The van der Waals surface area contributed by atoms with Crippen LogP contribution >= 0.6 is 11.6 Å². The molecule has 7 nitrogen and oxygen atoms in total. The first-order valence-corrected chi connectivity index (χ1v) is 7.79. The number of carbonyl (C=O) groups is 2. The molecule has 8 heteroatoms. The van der Waals surface area contributed by atoms with Gasteiger partial charge in [-0.3, -0.25) is 9.78 Å². The first-order valence-electron chi connectivity index (χ1n) is 7.41. The molecule has 3 rings (SSSR count). The van der Waals surface area contributed by atoms with Crippen LogP contribution in [0, 0.1) is 0 Å². The zero-order valence-electron chi connectivity index (χ0n) is 13.2. The Kier molecular flexibility index (Phi) is 5.09. The molecule has 0 saturated heterocycles. The van der Waals surface area contributed by atoms with Gasteiger partial charge in [-0.25, -0.2) is 10.2 Å². The van der Waals surface area contributed by atoms with Gasteiger partial charge in [0.2, 0.25) is 0 Å². The predicted molar refractivity (Wildman–Crippen MR) is 95.4 cm³/mol. The van der Waals surface area contributed by atoms with Gasteiger partial charge in [-0.15, -0.1) is 0 Å². The number of rotatable bonds is 5. The van der Waals surface area contributed by atoms with E-state index in [0.29, 0.717) is 22.6 Å². The van der Waals surface area contributed by atoms with Crippen molar-refractivity contribution in [2.75, 3.05) is 0 Å². The van der Waals surface area contributed by atoms with Crippen LogP contribution in [0.25, 0.3) is 11.3 Å². The van der Waals surface area contributed by atoms with E-state index in [9.17, 15) is 9.59 Å². The van der Waals surface area contributed by atoms with Crippen molar-refractivity contribution in [2.45, 2.75) is 0 Å². The maximum Gasteiger partial charge on any atom is 0.337 e. The molecule has 0 aliphatic carbocycles. The number of hydrogen-bond acceptors (Lipinski definition) is 5. The number of amides is 1. The average molecular weight is 370 g/mol. The summed E-state index contributed by atoms with van der Waals surface area (Å²) in [6.45, 7) is 0. The summed E-state index contributed by atoms with van der Waals surface area (Å²) in [6, 6.07) is 11.0. The van der Waals surface area contributed by atoms with Gasteiger partial charge in [-0.2, -0.15) is 5.10 Å². The standard InChI is InChI=1S/C18H12ClN3O4/c19-15-9-12(1-3-14(15)18(24)25)16-4-2-13(26-16)10-21-22-17(23)11-5-7-20-8-6-11/h1-10H,(H,22,23)(H,24,25)/b21-10+. The Balaban J connectivity index is 1.69. The zero-order valence-corrected chi connectivity index (χ0v) is 14.0. The summed E-state index contributed by atoms with van der Waals surface area (Å²) < 4.78 is 5.60. The third-order valence-electron chi connectivity index (χ3n) is 3.41. The number of aromatic carboxylic acids is 1. The number of furan rings is 1. The Hall–Kier alpha value is -3.45. The summed E-state index contributed by atoms with van der Waals surface area (Å²) in [5.41, 5.74) is 3.46. The van der Waals surface area contributed by atoms with Crippen molar-refractivity contribution in [3.63, 3.8) is 0 Å². The summed E-state index contributed by atoms with van der Waals surface area (Å²) >= 11 is 5.96. The molecule has 3 aromatic rings. The minimum absolute atomic E-state index is 0.0163. The molecule has 0 aliphatic heterocycles. The fourth-order valence-electron chi connectivity index (χ4n) is 2.14. The molecule has 130 valence electrons. The predicted octanol–water partition coefficient (Wildman–Crippen LogP) is 3.46. The van der Waals surface area contributed by atoms with Crippen LogP contribution in [-0.2, 0) is 0 Å². The lowest BCUT2D eigenvalue weighted by Crippen LogP contribution is -2.17. The number of hydrazone groups is 1. The Bertz CT molecular complexity index is 983. The molecule has 0 saturated carbocycles. The van der Waals surface area contributed by atoms with Crippen molar-refractivity contribution < 1.29 is 19.1 Å². The van der Waals surface area contributed by atoms with Crippen molar-refractivity contribution in [1.29, 1.82) is 0 Å². The third kappa shape index (κ3) is 3.96. The maximum absolute atomic E-state index is 11.8. The van der Waals surface area contributed by atoms with E-state index in [2.05, 4.69) is 15.5 Å². The van der Waals surface area contributed by atoms with Crippen molar-refractivity contribution in [3.05, 3.63) is 76.8 Å². The van der Waals surface area contributed by atoms with E-state index >= 15 is 0 Å². The first kappa shape index (κ1) is 17.4. The van der Waals surface area contributed by atoms with Crippen molar-refractivity contribution in [1.82, 2.24) is 10.4 Å². The van der Waals surface area contributed by atoms with Crippen molar-refractivity contribution in [2.24, 2.45) is 5.10 Å². The molecule has 0 bridgehead atoms. The van der Waals surface area contributed by atoms with Gasteiger partial charge in [0.1, 0.15) is 11.5 Å². The molecule has 2 heterocycles. The van der Waals surface area contributed by atoms with E-state index in [4.69, 9.17) is 21.1 Å². The third-order valence-corrected chi connectivity index (χ3v) is 3.72. The van der Waals surface area contributed by atoms with E-state index < -0.39 is 5.97 Å². The molecule has 0 aliphatic rings. The second kappa shape index (κ2) is 7.62. The molecule has 0 unspecified atom stereocenters. The van der Waals surface area contributed by atoms with Crippen LogP contribution in [0.15, 0.2) is 64.4 Å². The van der Waals surface area contributed by atoms with E-state index in [-0.39, 0.29) is 16.5 Å². The van der Waals surface area contributed by atoms with Crippen LogP contribution in [0.1, 0.15) is 26.5 Å². The maximum atomic E-state index is 11.8. The normalized spacial score (nSPS) is 10.8. The number of carboxylic acids is 1. The van der Waals surface area contributed by atoms with E-state index in [0.717, 1.165) is 0 Å². The smallest absolute Gasteiger partial charge is 0.337 e. The zero-order chi connectivity index (χ0) is 18.5. The van der Waals surface area contributed by atoms with Gasteiger partial charge < -0.3 is 9.52 Å². The molecule has 1 aromatic carbocycles. The minimum atomic E-state index is -1.10. The van der Waals surface area contributed by atoms with E-state index in [1.807, 2.05) is 0 Å². The molecule has 2 N–H and O–H groups in total. The van der Waals surface area contributed by atoms with E-state index in [1.165, 1.54) is 30.7 Å². The molecule has 2 aromatic heterocycles. The van der Waals surface area contributed by atoms with Crippen LogP contribution < -0.4 is 5.43 Å². The number of benzene rings is 1. The Labute approximate surface area is 152 Å². The lowest BCUT2D eigenvalue weighted by Gasteiger charge is -2.01. The van der Waals surface area contributed by atoms with Gasteiger partial charge in [0, 0.05) is 23.5 Å². The van der Waals surface area contributed by atoms with Gasteiger partial charge in [-0.1, -0.05) is 17.7 Å². The summed E-state index contributed by atoms with van der Waals surface area (Å²) in [5.74, 6) is -0.565. The molecule has 0 radical (unpaired) electrons. The van der Waals surface area contributed by atoms with Crippen LogP contribution in [0.2, 0.25) is 5.02 Å². The summed E-state index contributed by atoms with van der Waals surface area (Å²) in [4.78, 5) is 26.7. The lowest BCUT2D eigenvalue weighted by atomic mass is 10.1. The number of halogens is 1. The topological polar surface area (TPSA) is 105 Å². The SMILES string of the molecule is O=C(N/N=C/c1ccc(-c2ccc(C(=O)O)c(Cl)c2)o1)c1ccncc1. The number of pyridine rings is 1. The number of hydrogen-bond donors (Lipinski definition) is 2. The number of carboxylic acid groups (broad SMARTS) is 1. The number of nitrogens with one attached hydrogen (secondary N) is 1. The Morgan fingerprint density at radius 3 is 2.62 bits per heavy atom. The largest absolute Gasteiger partial charge is 0.478 e. The number of nitrogens with zero attached hydrogens (tertiary/aromatic N) is 2. The summed E-state index contributed by atoms with van der Waals surface area (Å²) in [7, 11) is 0. The number of aromatic nitrogens is 1. The fraction of sp³-hybridized carbons (Fsp3) is 0. The second-order valence-electron chi connectivity index (χ2n) is 5.14. The lowest BCUT2D eigenvalue weighted by molar-refractivity contribution is 0.0696. The highest BCUT2D eigenvalue weighted by Gasteiger charge is 2.11. The number of carbonyl (C=O) groups excluding carboxylic acids is 1. The first-order chi connectivity index (χ1) is 12.5. The quantitative estimate of drug-likeness (QED) is 0.529. The van der Waals surface area contributed by atoms with Crippen molar-refractivity contribution >= 4 is 29.7 Å². The van der Waals surface area contributed by atoms with Gasteiger partial charge >= 0.3 is 5.97 Å². The molecule has 0 fully saturated rings. The highest BCUT2D eigenvalue weighted by atomic mass is 35.5. The second-order valence-corrected chi connectivity index (χ2v) is 5.54. The highest BCUT2D eigenvalue weighted by molar-refractivity contribution is 6.33. The van der Waals surface area contributed by atoms with Crippen LogP contribution in [0.4, 0.5) is 0 Å². The van der Waals surface area contributed by atoms with E-state index in [1.54, 1.807) is 30.3 Å². The van der Waals surface area contributed by atoms with Gasteiger partial charge in [-0.05, 0) is 36.4 Å². The van der Waals surface area contributed by atoms with Gasteiger partial charge in [0.05, 0.1) is 16.8 Å². The Morgan fingerprint density at radius 1 is 1.15 bits per heavy atom. The van der Waals surface area contributed by atoms with Crippen LogP contribution in [0.3, 0.4) is 0 Å².